The monoisotopic (exact) mass is 1080 g/mol. The maximum absolute atomic E-state index is 12.9. The minimum absolute atomic E-state index is 0.0598. The molecule has 0 aromatic carbocycles. The molecule has 76 heavy (non-hydrogen) atoms. The highest BCUT2D eigenvalue weighted by molar-refractivity contribution is 7.47. The van der Waals surface area contributed by atoms with Gasteiger partial charge in [-0.3, -0.25) is 23.4 Å². The molecule has 0 amide bonds. The fraction of sp³-hybridized carbons (Fsp3) is 0.672. The third kappa shape index (κ3) is 54.9. The van der Waals surface area contributed by atoms with Gasteiger partial charge < -0.3 is 24.2 Å². The van der Waals surface area contributed by atoms with Crippen LogP contribution in [-0.2, 0) is 42.2 Å². The summed E-state index contributed by atoms with van der Waals surface area (Å²) in [6.45, 7) is 4.30. The Hall–Kier alpha value is -3.86. The lowest BCUT2D eigenvalue weighted by Gasteiger charge is -2.21. The van der Waals surface area contributed by atoms with Gasteiger partial charge in [-0.1, -0.05) is 246 Å². The van der Waals surface area contributed by atoms with Crippen LogP contribution in [0.3, 0.4) is 0 Å². The molecule has 0 saturated carbocycles. The third-order valence-electron chi connectivity index (χ3n) is 12.2. The van der Waals surface area contributed by atoms with Crippen molar-refractivity contribution in [1.82, 2.24) is 0 Å². The molecule has 0 fully saturated rings. The number of hydrogen-bond acceptors (Lipinski definition) is 10. The molecule has 0 bridgehead atoms. The lowest BCUT2D eigenvalue weighted by molar-refractivity contribution is -0.161. The van der Waals surface area contributed by atoms with Crippen molar-refractivity contribution in [3.05, 3.63) is 109 Å². The van der Waals surface area contributed by atoms with Gasteiger partial charge in [-0.15, -0.1) is 0 Å². The van der Waals surface area contributed by atoms with Crippen molar-refractivity contribution in [1.29, 1.82) is 0 Å². The number of carbonyl (C=O) groups excluding carboxylic acids is 3. The number of aliphatic hydroxyl groups is 1. The summed E-state index contributed by atoms with van der Waals surface area (Å²) < 4.78 is 39.4. The SMILES string of the molecule is CC/C=C\C/C=C\C/C=C\C/C=C\C/C=C\CC(=O)OC(CO)COP(=O)(O)OCC(COC(=O)CCCCCCCCCCCCCCCCC)OC(=O)CCCCCCCC/C=C\C/C=C\C/C=C\C/C=C\CC. The van der Waals surface area contributed by atoms with Gasteiger partial charge in [0.05, 0.1) is 26.2 Å². The molecule has 0 radical (unpaired) electrons. The summed E-state index contributed by atoms with van der Waals surface area (Å²) in [5.74, 6) is -1.62. The third-order valence-corrected chi connectivity index (χ3v) is 13.2. The van der Waals surface area contributed by atoms with Crippen molar-refractivity contribution in [2.75, 3.05) is 26.4 Å². The molecule has 0 aromatic heterocycles. The molecular weight excluding hydrogens is 976 g/mol. The Bertz CT molecular complexity index is 1690. The quantitative estimate of drug-likeness (QED) is 0.0197. The average Bonchev–Trinajstić information content (AvgIpc) is 3.41. The molecule has 2 N–H and O–H groups in total. The van der Waals surface area contributed by atoms with Crippen LogP contribution >= 0.6 is 7.82 Å². The summed E-state index contributed by atoms with van der Waals surface area (Å²) >= 11 is 0. The number of esters is 3. The van der Waals surface area contributed by atoms with Gasteiger partial charge >= 0.3 is 25.7 Å². The van der Waals surface area contributed by atoms with Gasteiger partial charge in [0.25, 0.3) is 0 Å². The molecule has 0 rings (SSSR count). The molecular formula is C64H107O11P. The largest absolute Gasteiger partial charge is 0.472 e. The summed E-state index contributed by atoms with van der Waals surface area (Å²) in [6.07, 6.45) is 69.3. The van der Waals surface area contributed by atoms with Gasteiger partial charge in [0, 0.05) is 12.8 Å². The molecule has 0 aromatic rings. The van der Waals surface area contributed by atoms with Gasteiger partial charge in [0.1, 0.15) is 12.7 Å². The number of phosphoric acid groups is 1. The number of phosphoric ester groups is 1. The number of hydrogen-bond donors (Lipinski definition) is 2. The molecule has 12 heteroatoms. The Balaban J connectivity index is 4.83. The van der Waals surface area contributed by atoms with Gasteiger partial charge in [-0.25, -0.2) is 4.57 Å². The molecule has 0 aliphatic heterocycles. The first kappa shape index (κ1) is 72.1. The van der Waals surface area contributed by atoms with Crippen molar-refractivity contribution < 1.29 is 52.2 Å². The van der Waals surface area contributed by atoms with Crippen LogP contribution in [0.15, 0.2) is 109 Å². The molecule has 0 saturated heterocycles. The second kappa shape index (κ2) is 57.3. The number of rotatable bonds is 54. The van der Waals surface area contributed by atoms with Gasteiger partial charge in [-0.2, -0.15) is 0 Å². The van der Waals surface area contributed by atoms with Crippen molar-refractivity contribution in [3.8, 4) is 0 Å². The van der Waals surface area contributed by atoms with E-state index in [0.29, 0.717) is 19.3 Å². The van der Waals surface area contributed by atoms with Crippen molar-refractivity contribution in [2.24, 2.45) is 0 Å². The molecule has 434 valence electrons. The number of ether oxygens (including phenoxy) is 3. The summed E-state index contributed by atoms with van der Waals surface area (Å²) in [4.78, 5) is 48.5. The second-order valence-electron chi connectivity index (χ2n) is 19.4. The zero-order valence-corrected chi connectivity index (χ0v) is 48.8. The highest BCUT2D eigenvalue weighted by Gasteiger charge is 2.28. The molecule has 3 atom stereocenters. The minimum Gasteiger partial charge on any atom is -0.462 e. The maximum Gasteiger partial charge on any atom is 0.472 e. The van der Waals surface area contributed by atoms with E-state index in [2.05, 4.69) is 106 Å². The van der Waals surface area contributed by atoms with E-state index in [9.17, 15) is 28.9 Å². The van der Waals surface area contributed by atoms with E-state index < -0.39 is 57.8 Å². The number of carbonyl (C=O) groups is 3. The Morgan fingerprint density at radius 2 is 0.737 bits per heavy atom. The van der Waals surface area contributed by atoms with Gasteiger partial charge in [-0.05, 0) is 83.5 Å². The van der Waals surface area contributed by atoms with Crippen LogP contribution in [0, 0.1) is 0 Å². The van der Waals surface area contributed by atoms with E-state index >= 15 is 0 Å². The van der Waals surface area contributed by atoms with Crippen LogP contribution in [0.25, 0.3) is 0 Å². The zero-order chi connectivity index (χ0) is 55.5. The molecule has 0 aliphatic rings. The van der Waals surface area contributed by atoms with Crippen molar-refractivity contribution in [3.63, 3.8) is 0 Å². The van der Waals surface area contributed by atoms with Crippen LogP contribution in [0.1, 0.15) is 239 Å². The normalized spacial score (nSPS) is 14.1. The lowest BCUT2D eigenvalue weighted by atomic mass is 10.0. The zero-order valence-electron chi connectivity index (χ0n) is 47.9. The maximum atomic E-state index is 12.9. The van der Waals surface area contributed by atoms with Gasteiger partial charge in [0.2, 0.25) is 0 Å². The lowest BCUT2D eigenvalue weighted by Crippen LogP contribution is -2.30. The summed E-state index contributed by atoms with van der Waals surface area (Å²) in [5.41, 5.74) is 0. The van der Waals surface area contributed by atoms with Crippen LogP contribution in [-0.4, -0.2) is 66.5 Å². The standard InChI is InChI=1S/C64H107O11P/c1-4-7-10-13-16-19-22-25-28-29-30-31-34-37-40-43-46-49-52-55-64(68)75-61(57-71-62(66)53-50-47-44-41-38-35-32-26-23-20-17-14-11-8-5-2)59-73-76(69,70)72-58-60(56-65)74-63(67)54-51-48-45-42-39-36-33-27-24-21-18-15-12-9-6-3/h7,9-10,12,16,18-19,21,25,27-28,30-31,33,39,42,48,51,60-61,65H,4-6,8,11,13-15,17,20,22-24,26,29,32,34-38,40-41,43-47,49-50,52-59H2,1-3H3,(H,69,70)/b10-7-,12-9-,19-16-,21-18-,28-25-,31-30-,33-27-,42-39-,51-48-. The predicted octanol–water partition coefficient (Wildman–Crippen LogP) is 17.8. The predicted molar refractivity (Wildman–Crippen MR) is 316 cm³/mol. The first-order chi connectivity index (χ1) is 37.2. The van der Waals surface area contributed by atoms with Gasteiger partial charge in [0.15, 0.2) is 6.10 Å². The Kier molecular flexibility index (Phi) is 54.4. The van der Waals surface area contributed by atoms with E-state index in [-0.39, 0.29) is 25.9 Å². The smallest absolute Gasteiger partial charge is 0.462 e. The van der Waals surface area contributed by atoms with E-state index in [1.165, 1.54) is 70.6 Å². The fourth-order valence-corrected chi connectivity index (χ4v) is 8.56. The number of aliphatic hydroxyl groups excluding tert-OH is 1. The van der Waals surface area contributed by atoms with E-state index in [1.807, 2.05) is 18.2 Å². The summed E-state index contributed by atoms with van der Waals surface area (Å²) in [5, 5.41) is 9.80. The van der Waals surface area contributed by atoms with E-state index in [0.717, 1.165) is 109 Å². The van der Waals surface area contributed by atoms with Crippen LogP contribution < -0.4 is 0 Å². The highest BCUT2D eigenvalue weighted by atomic mass is 31.2. The van der Waals surface area contributed by atoms with Crippen LogP contribution in [0.4, 0.5) is 0 Å². The highest BCUT2D eigenvalue weighted by Crippen LogP contribution is 2.43. The fourth-order valence-electron chi connectivity index (χ4n) is 7.78. The molecule has 0 spiro atoms. The van der Waals surface area contributed by atoms with Crippen molar-refractivity contribution >= 4 is 25.7 Å². The number of allylic oxidation sites excluding steroid dienone is 17. The summed E-state index contributed by atoms with van der Waals surface area (Å²) in [6, 6.07) is 0. The topological polar surface area (TPSA) is 155 Å². The minimum atomic E-state index is -4.78. The Morgan fingerprint density at radius 3 is 1.16 bits per heavy atom. The molecule has 3 unspecified atom stereocenters. The first-order valence-corrected chi connectivity index (χ1v) is 31.3. The van der Waals surface area contributed by atoms with Crippen LogP contribution in [0.5, 0.6) is 0 Å². The second-order valence-corrected chi connectivity index (χ2v) is 20.9. The van der Waals surface area contributed by atoms with E-state index in [4.69, 9.17) is 23.3 Å². The molecule has 0 aliphatic carbocycles. The number of unbranched alkanes of at least 4 members (excludes halogenated alkanes) is 20. The molecule has 0 heterocycles. The van der Waals surface area contributed by atoms with Crippen LogP contribution in [0.2, 0.25) is 0 Å². The molecule has 11 nitrogen and oxygen atoms in total. The van der Waals surface area contributed by atoms with Crippen molar-refractivity contribution in [2.45, 2.75) is 251 Å². The summed E-state index contributed by atoms with van der Waals surface area (Å²) in [7, 11) is -4.78. The average molecular weight is 1080 g/mol. The first-order valence-electron chi connectivity index (χ1n) is 29.8. The Morgan fingerprint density at radius 1 is 0.395 bits per heavy atom. The Labute approximate surface area is 463 Å². The van der Waals surface area contributed by atoms with E-state index in [1.54, 1.807) is 6.08 Å².